The van der Waals surface area contributed by atoms with E-state index in [9.17, 15) is 4.79 Å². The van der Waals surface area contributed by atoms with E-state index in [1.54, 1.807) is 0 Å². The summed E-state index contributed by atoms with van der Waals surface area (Å²) in [5.74, 6) is 0.914. The maximum Gasteiger partial charge on any atom is 0.222 e. The molecule has 2 aliphatic rings. The molecule has 1 saturated carbocycles. The van der Waals surface area contributed by atoms with Crippen LogP contribution in [0.15, 0.2) is 24.3 Å². The molecular weight excluding hydrogens is 366 g/mol. The molecule has 1 N–H and O–H groups in total. The zero-order chi connectivity index (χ0) is 18.5. The summed E-state index contributed by atoms with van der Waals surface area (Å²) in [6.45, 7) is 4.40. The molecule has 6 heteroatoms. The Morgan fingerprint density at radius 1 is 1.19 bits per heavy atom. The average Bonchev–Trinajstić information content (AvgIpc) is 2.64. The molecule has 142 valence electrons. The van der Waals surface area contributed by atoms with E-state index in [1.807, 2.05) is 29.2 Å². The van der Waals surface area contributed by atoms with Gasteiger partial charge in [-0.25, -0.2) is 0 Å². The van der Waals surface area contributed by atoms with Crippen molar-refractivity contribution in [1.82, 2.24) is 9.80 Å². The Kier molecular flexibility index (Phi) is 6.76. The van der Waals surface area contributed by atoms with E-state index < -0.39 is 0 Å². The summed E-state index contributed by atoms with van der Waals surface area (Å²) >= 11 is 11.5. The molecule has 1 aliphatic heterocycles. The van der Waals surface area contributed by atoms with Gasteiger partial charge in [0.05, 0.1) is 0 Å². The maximum atomic E-state index is 12.7. The van der Waals surface area contributed by atoms with E-state index >= 15 is 0 Å². The van der Waals surface area contributed by atoms with Crippen molar-refractivity contribution in [3.63, 3.8) is 0 Å². The summed E-state index contributed by atoms with van der Waals surface area (Å²) < 4.78 is 0. The first-order valence-corrected chi connectivity index (χ1v) is 10.4. The molecule has 1 aromatic rings. The number of piperazine rings is 1. The monoisotopic (exact) mass is 393 g/mol. The molecule has 1 saturated heterocycles. The first-order valence-electron chi connectivity index (χ1n) is 9.64. The molecule has 0 spiro atoms. The van der Waals surface area contributed by atoms with Crippen LogP contribution in [0, 0.1) is 5.92 Å². The minimum Gasteiger partial charge on any atom is -0.343 e. The van der Waals surface area contributed by atoms with Crippen molar-refractivity contribution in [2.45, 2.75) is 51.5 Å². The second-order valence-electron chi connectivity index (χ2n) is 7.53. The summed E-state index contributed by atoms with van der Waals surface area (Å²) in [4.78, 5) is 16.9. The smallest absolute Gasteiger partial charge is 0.222 e. The number of halogens is 1. The van der Waals surface area contributed by atoms with Gasteiger partial charge in [-0.3, -0.25) is 4.79 Å². The number of carbonyl (C=O) groups is 1. The SMILES string of the molecule is CC1CN(C(=O)CC2CCCCC2)CCN1C(=S)Nc1ccc(Cl)cc1. The van der Waals surface area contributed by atoms with E-state index in [2.05, 4.69) is 17.1 Å². The maximum absolute atomic E-state index is 12.7. The van der Waals surface area contributed by atoms with E-state index in [4.69, 9.17) is 23.8 Å². The largest absolute Gasteiger partial charge is 0.343 e. The Hall–Kier alpha value is -1.33. The number of nitrogens with zero attached hydrogens (tertiary/aromatic N) is 2. The lowest BCUT2D eigenvalue weighted by molar-refractivity contribution is -0.134. The van der Waals surface area contributed by atoms with Gasteiger partial charge in [0.1, 0.15) is 0 Å². The van der Waals surface area contributed by atoms with Gasteiger partial charge in [0, 0.05) is 42.8 Å². The first-order chi connectivity index (χ1) is 12.5. The summed E-state index contributed by atoms with van der Waals surface area (Å²) in [5, 5.41) is 4.69. The normalized spacial score (nSPS) is 21.5. The fourth-order valence-corrected chi connectivity index (χ4v) is 4.50. The van der Waals surface area contributed by atoms with E-state index in [1.165, 1.54) is 32.1 Å². The lowest BCUT2D eigenvalue weighted by atomic mass is 9.86. The van der Waals surface area contributed by atoms with Gasteiger partial charge < -0.3 is 15.1 Å². The number of thiocarbonyl (C=S) groups is 1. The quantitative estimate of drug-likeness (QED) is 0.764. The van der Waals surface area contributed by atoms with Crippen LogP contribution in [-0.4, -0.2) is 46.5 Å². The highest BCUT2D eigenvalue weighted by Crippen LogP contribution is 2.27. The Balaban J connectivity index is 1.50. The Labute approximate surface area is 166 Å². The molecule has 26 heavy (non-hydrogen) atoms. The van der Waals surface area contributed by atoms with Crippen LogP contribution in [0.5, 0.6) is 0 Å². The fraction of sp³-hybridized carbons (Fsp3) is 0.600. The summed E-state index contributed by atoms with van der Waals surface area (Å²) in [7, 11) is 0. The second-order valence-corrected chi connectivity index (χ2v) is 8.35. The zero-order valence-corrected chi connectivity index (χ0v) is 17.0. The molecule has 2 fully saturated rings. The molecule has 1 atom stereocenters. The third kappa shape index (κ3) is 5.10. The molecule has 3 rings (SSSR count). The first kappa shape index (κ1) is 19.4. The van der Waals surface area contributed by atoms with Gasteiger partial charge in [0.15, 0.2) is 5.11 Å². The number of hydrogen-bond acceptors (Lipinski definition) is 2. The Bertz CT molecular complexity index is 630. The third-order valence-electron chi connectivity index (χ3n) is 5.52. The number of amides is 1. The topological polar surface area (TPSA) is 35.6 Å². The summed E-state index contributed by atoms with van der Waals surface area (Å²) in [5.41, 5.74) is 0.933. The predicted molar refractivity (Wildman–Crippen MR) is 112 cm³/mol. The molecule has 0 radical (unpaired) electrons. The highest BCUT2D eigenvalue weighted by molar-refractivity contribution is 7.80. The molecular formula is C20H28ClN3OS. The van der Waals surface area contributed by atoms with Crippen molar-refractivity contribution < 1.29 is 4.79 Å². The van der Waals surface area contributed by atoms with Crippen molar-refractivity contribution in [2.24, 2.45) is 5.92 Å². The number of benzene rings is 1. The van der Waals surface area contributed by atoms with Crippen molar-refractivity contribution >= 4 is 40.5 Å². The minimum atomic E-state index is 0.214. The van der Waals surface area contributed by atoms with Gasteiger partial charge in [-0.05, 0) is 62.2 Å². The number of nitrogens with one attached hydrogen (secondary N) is 1. The molecule has 0 aromatic heterocycles. The highest BCUT2D eigenvalue weighted by Gasteiger charge is 2.29. The molecule has 4 nitrogen and oxygen atoms in total. The van der Waals surface area contributed by atoms with Gasteiger partial charge in [0.2, 0.25) is 5.91 Å². The number of anilines is 1. The summed E-state index contributed by atoms with van der Waals surface area (Å²) in [6.07, 6.45) is 7.06. The van der Waals surface area contributed by atoms with Crippen molar-refractivity contribution in [3.8, 4) is 0 Å². The molecule has 0 bridgehead atoms. The minimum absolute atomic E-state index is 0.214. The number of rotatable bonds is 3. The van der Waals surface area contributed by atoms with Gasteiger partial charge >= 0.3 is 0 Å². The van der Waals surface area contributed by atoms with Crippen molar-refractivity contribution in [3.05, 3.63) is 29.3 Å². The average molecular weight is 394 g/mol. The lowest BCUT2D eigenvalue weighted by Gasteiger charge is -2.41. The summed E-state index contributed by atoms with van der Waals surface area (Å²) in [6, 6.07) is 7.74. The lowest BCUT2D eigenvalue weighted by Crippen LogP contribution is -2.56. The van der Waals surface area contributed by atoms with Crippen LogP contribution < -0.4 is 5.32 Å². The standard InChI is InChI=1S/C20H28ClN3OS/c1-15-14-23(19(25)13-16-5-3-2-4-6-16)11-12-24(15)20(26)22-18-9-7-17(21)8-10-18/h7-10,15-16H,2-6,11-14H2,1H3,(H,22,26). The predicted octanol–water partition coefficient (Wildman–Crippen LogP) is 4.54. The fourth-order valence-electron chi connectivity index (χ4n) is 3.98. The molecule has 1 aliphatic carbocycles. The van der Waals surface area contributed by atoms with Crippen LogP contribution in [0.1, 0.15) is 45.4 Å². The van der Waals surface area contributed by atoms with Gasteiger partial charge in [-0.1, -0.05) is 30.9 Å². The Morgan fingerprint density at radius 2 is 1.88 bits per heavy atom. The number of carbonyl (C=O) groups excluding carboxylic acids is 1. The van der Waals surface area contributed by atoms with E-state index in [-0.39, 0.29) is 6.04 Å². The third-order valence-corrected chi connectivity index (χ3v) is 6.11. The Morgan fingerprint density at radius 3 is 2.54 bits per heavy atom. The van der Waals surface area contributed by atoms with Crippen LogP contribution in [0.25, 0.3) is 0 Å². The number of hydrogen-bond donors (Lipinski definition) is 1. The molecule has 1 unspecified atom stereocenters. The van der Waals surface area contributed by atoms with E-state index in [0.29, 0.717) is 22.0 Å². The highest BCUT2D eigenvalue weighted by atomic mass is 35.5. The van der Waals surface area contributed by atoms with Crippen molar-refractivity contribution in [1.29, 1.82) is 0 Å². The van der Waals surface area contributed by atoms with Crippen LogP contribution in [0.2, 0.25) is 5.02 Å². The van der Waals surface area contributed by atoms with Gasteiger partial charge in [-0.15, -0.1) is 0 Å². The van der Waals surface area contributed by atoms with Crippen LogP contribution >= 0.6 is 23.8 Å². The molecule has 1 aromatic carbocycles. The molecule has 1 amide bonds. The van der Waals surface area contributed by atoms with Gasteiger partial charge in [-0.2, -0.15) is 0 Å². The van der Waals surface area contributed by atoms with Crippen molar-refractivity contribution in [2.75, 3.05) is 25.0 Å². The van der Waals surface area contributed by atoms with Crippen LogP contribution in [0.3, 0.4) is 0 Å². The van der Waals surface area contributed by atoms with E-state index in [0.717, 1.165) is 31.7 Å². The zero-order valence-electron chi connectivity index (χ0n) is 15.4. The van der Waals surface area contributed by atoms with Crippen LogP contribution in [0.4, 0.5) is 5.69 Å². The molecule has 1 heterocycles. The second kappa shape index (κ2) is 9.05. The van der Waals surface area contributed by atoms with Crippen LogP contribution in [-0.2, 0) is 4.79 Å². The van der Waals surface area contributed by atoms with Gasteiger partial charge in [0.25, 0.3) is 0 Å².